The number of piperazine rings is 1. The number of rotatable bonds is 2. The molecule has 1 atom stereocenters. The van der Waals surface area contributed by atoms with Gasteiger partial charge >= 0.3 is 0 Å². The number of benzene rings is 1. The lowest BCUT2D eigenvalue weighted by atomic mass is 10.0. The van der Waals surface area contributed by atoms with Crippen LogP contribution in [0.25, 0.3) is 0 Å². The summed E-state index contributed by atoms with van der Waals surface area (Å²) in [5.74, 6) is 0.937. The van der Waals surface area contributed by atoms with Crippen LogP contribution < -0.4 is 10.1 Å². The Hall–Kier alpha value is -1.06. The van der Waals surface area contributed by atoms with Crippen LogP contribution in [0.2, 0.25) is 0 Å². The number of hydrogen-bond acceptors (Lipinski definition) is 3. The summed E-state index contributed by atoms with van der Waals surface area (Å²) >= 11 is 0. The summed E-state index contributed by atoms with van der Waals surface area (Å²) in [6.07, 6.45) is 0. The third-order valence-corrected chi connectivity index (χ3v) is 2.99. The minimum absolute atomic E-state index is 0.467. The van der Waals surface area contributed by atoms with Crippen molar-refractivity contribution >= 4 is 0 Å². The van der Waals surface area contributed by atoms with Crippen molar-refractivity contribution in [3.8, 4) is 5.75 Å². The zero-order chi connectivity index (χ0) is 10.7. The summed E-state index contributed by atoms with van der Waals surface area (Å²) in [7, 11) is 3.88. The van der Waals surface area contributed by atoms with Crippen LogP contribution in [0.4, 0.5) is 0 Å². The molecule has 2 rings (SSSR count). The van der Waals surface area contributed by atoms with E-state index in [1.54, 1.807) is 7.11 Å². The number of nitrogens with one attached hydrogen (secondary N) is 1. The van der Waals surface area contributed by atoms with Gasteiger partial charge in [-0.25, -0.2) is 0 Å². The van der Waals surface area contributed by atoms with E-state index in [-0.39, 0.29) is 0 Å². The van der Waals surface area contributed by atoms with E-state index in [1.807, 2.05) is 6.07 Å². The maximum absolute atomic E-state index is 5.24. The average molecular weight is 206 g/mol. The quantitative estimate of drug-likeness (QED) is 0.788. The molecule has 3 heteroatoms. The van der Waals surface area contributed by atoms with Crippen LogP contribution in [-0.4, -0.2) is 38.7 Å². The molecule has 0 radical (unpaired) electrons. The maximum Gasteiger partial charge on any atom is 0.119 e. The summed E-state index contributed by atoms with van der Waals surface area (Å²) < 4.78 is 5.24. The fourth-order valence-corrected chi connectivity index (χ4v) is 2.03. The highest BCUT2D eigenvalue weighted by atomic mass is 16.5. The number of nitrogens with zero attached hydrogens (tertiary/aromatic N) is 1. The molecule has 0 unspecified atom stereocenters. The number of hydrogen-bond donors (Lipinski definition) is 1. The second-order valence-corrected chi connectivity index (χ2v) is 3.98. The molecule has 3 nitrogen and oxygen atoms in total. The van der Waals surface area contributed by atoms with Gasteiger partial charge in [0.15, 0.2) is 0 Å². The SMILES string of the molecule is COc1cccc([C@@H]2CNCCN2C)c1. The highest BCUT2D eigenvalue weighted by Gasteiger charge is 2.20. The maximum atomic E-state index is 5.24. The molecule has 1 aromatic carbocycles. The monoisotopic (exact) mass is 206 g/mol. The van der Waals surface area contributed by atoms with Crippen LogP contribution in [0.5, 0.6) is 5.75 Å². The number of methoxy groups -OCH3 is 1. The zero-order valence-electron chi connectivity index (χ0n) is 9.36. The van der Waals surface area contributed by atoms with Crippen molar-refractivity contribution in [2.75, 3.05) is 33.8 Å². The third-order valence-electron chi connectivity index (χ3n) is 2.99. The Balaban J connectivity index is 2.19. The van der Waals surface area contributed by atoms with E-state index in [4.69, 9.17) is 4.74 Å². The molecule has 0 amide bonds. The standard InChI is InChI=1S/C12H18N2O/c1-14-7-6-13-9-12(14)10-4-3-5-11(8-10)15-2/h3-5,8,12-13H,6-7,9H2,1-2H3/t12-/m0/s1. The molecule has 1 aromatic rings. The first kappa shape index (κ1) is 10.5. The van der Waals surface area contributed by atoms with E-state index in [2.05, 4.69) is 35.5 Å². The Kier molecular flexibility index (Phi) is 3.23. The lowest BCUT2D eigenvalue weighted by Gasteiger charge is -2.33. The largest absolute Gasteiger partial charge is 0.497 e. The van der Waals surface area contributed by atoms with Crippen molar-refractivity contribution in [1.29, 1.82) is 0 Å². The molecule has 1 aliphatic rings. The second-order valence-electron chi connectivity index (χ2n) is 3.98. The average Bonchev–Trinajstić information content (AvgIpc) is 2.30. The highest BCUT2D eigenvalue weighted by Crippen LogP contribution is 2.23. The van der Waals surface area contributed by atoms with Crippen molar-refractivity contribution < 1.29 is 4.74 Å². The molecule has 0 saturated carbocycles. The van der Waals surface area contributed by atoms with Gasteiger partial charge in [-0.2, -0.15) is 0 Å². The summed E-state index contributed by atoms with van der Waals surface area (Å²) in [5, 5.41) is 3.42. The first-order valence-electron chi connectivity index (χ1n) is 5.36. The molecule has 0 aliphatic carbocycles. The van der Waals surface area contributed by atoms with Gasteiger partial charge in [-0.3, -0.25) is 4.90 Å². The van der Waals surface area contributed by atoms with Crippen molar-refractivity contribution in [3.63, 3.8) is 0 Å². The van der Waals surface area contributed by atoms with Crippen LogP contribution in [0.1, 0.15) is 11.6 Å². The fourth-order valence-electron chi connectivity index (χ4n) is 2.03. The first-order valence-corrected chi connectivity index (χ1v) is 5.36. The molecule has 15 heavy (non-hydrogen) atoms. The lowest BCUT2D eigenvalue weighted by molar-refractivity contribution is 0.202. The molecule has 82 valence electrons. The third kappa shape index (κ3) is 2.30. The van der Waals surface area contributed by atoms with E-state index in [9.17, 15) is 0 Å². The van der Waals surface area contributed by atoms with Crippen molar-refractivity contribution in [2.24, 2.45) is 0 Å². The smallest absolute Gasteiger partial charge is 0.119 e. The predicted molar refractivity (Wildman–Crippen MR) is 61.2 cm³/mol. The van der Waals surface area contributed by atoms with E-state index >= 15 is 0 Å². The minimum Gasteiger partial charge on any atom is -0.497 e. The Labute approximate surface area is 91.0 Å². The van der Waals surface area contributed by atoms with Gasteiger partial charge in [-0.1, -0.05) is 12.1 Å². The van der Waals surface area contributed by atoms with Crippen molar-refractivity contribution in [1.82, 2.24) is 10.2 Å². The Morgan fingerprint density at radius 1 is 1.47 bits per heavy atom. The van der Waals surface area contributed by atoms with Gasteiger partial charge in [0.2, 0.25) is 0 Å². The summed E-state index contributed by atoms with van der Waals surface area (Å²) in [6, 6.07) is 8.79. The molecule has 1 N–H and O–H groups in total. The Morgan fingerprint density at radius 3 is 3.07 bits per heavy atom. The number of ether oxygens (including phenoxy) is 1. The normalized spacial score (nSPS) is 22.7. The molecule has 0 bridgehead atoms. The van der Waals surface area contributed by atoms with E-state index in [0.29, 0.717) is 6.04 Å². The summed E-state index contributed by atoms with van der Waals surface area (Å²) in [6.45, 7) is 3.20. The van der Waals surface area contributed by atoms with Gasteiger partial charge in [0.1, 0.15) is 5.75 Å². The van der Waals surface area contributed by atoms with E-state index in [0.717, 1.165) is 25.4 Å². The molecular formula is C12H18N2O. The summed E-state index contributed by atoms with van der Waals surface area (Å²) in [5.41, 5.74) is 1.32. The van der Waals surface area contributed by atoms with Gasteiger partial charge in [-0.05, 0) is 24.7 Å². The Morgan fingerprint density at radius 2 is 2.33 bits per heavy atom. The molecule has 1 heterocycles. The number of likely N-dealkylation sites (N-methyl/N-ethyl adjacent to an activating group) is 1. The second kappa shape index (κ2) is 4.64. The highest BCUT2D eigenvalue weighted by molar-refractivity contribution is 5.31. The van der Waals surface area contributed by atoms with Crippen LogP contribution in [0.3, 0.4) is 0 Å². The van der Waals surface area contributed by atoms with Gasteiger partial charge in [0.05, 0.1) is 7.11 Å². The van der Waals surface area contributed by atoms with Crippen molar-refractivity contribution in [2.45, 2.75) is 6.04 Å². The van der Waals surface area contributed by atoms with Crippen LogP contribution >= 0.6 is 0 Å². The molecule has 1 aliphatic heterocycles. The van der Waals surface area contributed by atoms with Crippen LogP contribution in [0.15, 0.2) is 24.3 Å². The molecule has 1 fully saturated rings. The van der Waals surface area contributed by atoms with Gasteiger partial charge in [0, 0.05) is 25.7 Å². The first-order chi connectivity index (χ1) is 7.31. The zero-order valence-corrected chi connectivity index (χ0v) is 9.36. The van der Waals surface area contributed by atoms with Crippen LogP contribution in [0, 0.1) is 0 Å². The van der Waals surface area contributed by atoms with Crippen LogP contribution in [-0.2, 0) is 0 Å². The molecular weight excluding hydrogens is 188 g/mol. The molecule has 0 spiro atoms. The lowest BCUT2D eigenvalue weighted by Crippen LogP contribution is -2.43. The van der Waals surface area contributed by atoms with E-state index < -0.39 is 0 Å². The topological polar surface area (TPSA) is 24.5 Å². The van der Waals surface area contributed by atoms with Crippen molar-refractivity contribution in [3.05, 3.63) is 29.8 Å². The predicted octanol–water partition coefficient (Wildman–Crippen LogP) is 1.27. The Bertz CT molecular complexity index is 327. The molecule has 0 aromatic heterocycles. The van der Waals surface area contributed by atoms with Gasteiger partial charge in [-0.15, -0.1) is 0 Å². The van der Waals surface area contributed by atoms with Gasteiger partial charge < -0.3 is 10.1 Å². The van der Waals surface area contributed by atoms with E-state index in [1.165, 1.54) is 5.56 Å². The minimum atomic E-state index is 0.467. The molecule has 1 saturated heterocycles. The van der Waals surface area contributed by atoms with Gasteiger partial charge in [0.25, 0.3) is 0 Å². The summed E-state index contributed by atoms with van der Waals surface area (Å²) in [4.78, 5) is 2.38. The fraction of sp³-hybridized carbons (Fsp3) is 0.500.